The number of nitrogens with two attached hydrogens (primary N) is 1. The van der Waals surface area contributed by atoms with Gasteiger partial charge >= 0.3 is 0 Å². The van der Waals surface area contributed by atoms with Gasteiger partial charge in [-0.3, -0.25) is 4.79 Å². The number of carbonyl (C=O) groups is 1. The number of amidine groups is 1. The Morgan fingerprint density at radius 2 is 2.35 bits per heavy atom. The molecular weight excluding hydrogens is 240 g/mol. The summed E-state index contributed by atoms with van der Waals surface area (Å²) in [6.45, 7) is 5.27. The maximum absolute atomic E-state index is 11.8. The van der Waals surface area contributed by atoms with Gasteiger partial charge in [0.2, 0.25) is 5.91 Å². The van der Waals surface area contributed by atoms with Crippen LogP contribution in [0.25, 0.3) is 0 Å². The van der Waals surface area contributed by atoms with Crippen LogP contribution >= 0.6 is 11.3 Å². The fourth-order valence-corrected chi connectivity index (χ4v) is 1.94. The topological polar surface area (TPSA) is 101 Å². The Bertz CT molecular complexity index is 414. The number of aromatic nitrogens is 1. The second-order valence-electron chi connectivity index (χ2n) is 4.20. The SMILES string of the molecule is CC(C(=O)NC(C)(C)c1nccs1)/C(N)=N/O. The Morgan fingerprint density at radius 1 is 1.71 bits per heavy atom. The number of rotatable bonds is 4. The highest BCUT2D eigenvalue weighted by Crippen LogP contribution is 2.22. The number of nitrogens with one attached hydrogen (secondary N) is 1. The monoisotopic (exact) mass is 256 g/mol. The molecule has 0 spiro atoms. The zero-order valence-electron chi connectivity index (χ0n) is 9.97. The molecule has 0 saturated heterocycles. The smallest absolute Gasteiger partial charge is 0.231 e. The summed E-state index contributed by atoms with van der Waals surface area (Å²) in [5.74, 6) is -1.10. The number of amides is 1. The molecule has 0 aliphatic heterocycles. The van der Waals surface area contributed by atoms with E-state index in [4.69, 9.17) is 10.9 Å². The Labute approximate surface area is 104 Å². The Morgan fingerprint density at radius 3 is 2.82 bits per heavy atom. The lowest BCUT2D eigenvalue weighted by Crippen LogP contribution is -2.46. The predicted molar refractivity (Wildman–Crippen MR) is 65.9 cm³/mol. The average Bonchev–Trinajstić information content (AvgIpc) is 2.80. The second kappa shape index (κ2) is 5.13. The summed E-state index contributed by atoms with van der Waals surface area (Å²) < 4.78 is 0. The molecule has 1 aromatic heterocycles. The summed E-state index contributed by atoms with van der Waals surface area (Å²) in [6, 6.07) is 0. The lowest BCUT2D eigenvalue weighted by molar-refractivity contribution is -0.124. The standard InChI is InChI=1S/C10H16N4O2S/c1-6(7(11)14-16)8(15)13-10(2,3)9-12-4-5-17-9/h4-6,16H,1-3H3,(H2,11,14)(H,13,15). The molecule has 1 unspecified atom stereocenters. The van der Waals surface area contributed by atoms with E-state index in [-0.39, 0.29) is 11.7 Å². The molecular formula is C10H16N4O2S. The van der Waals surface area contributed by atoms with Crippen molar-refractivity contribution in [1.82, 2.24) is 10.3 Å². The molecule has 0 radical (unpaired) electrons. The predicted octanol–water partition coefficient (Wildman–Crippen LogP) is 0.877. The lowest BCUT2D eigenvalue weighted by atomic mass is 10.0. The van der Waals surface area contributed by atoms with Gasteiger partial charge in [0.15, 0.2) is 5.84 Å². The van der Waals surface area contributed by atoms with Crippen molar-refractivity contribution in [3.05, 3.63) is 16.6 Å². The molecule has 1 atom stereocenters. The summed E-state index contributed by atoms with van der Waals surface area (Å²) >= 11 is 1.46. The normalized spacial score (nSPS) is 14.4. The highest BCUT2D eigenvalue weighted by Gasteiger charge is 2.28. The van der Waals surface area contributed by atoms with E-state index < -0.39 is 11.5 Å². The molecule has 0 bridgehead atoms. The van der Waals surface area contributed by atoms with Gasteiger partial charge in [-0.2, -0.15) is 0 Å². The molecule has 0 saturated carbocycles. The van der Waals surface area contributed by atoms with Gasteiger partial charge in [-0.25, -0.2) is 4.98 Å². The molecule has 6 nitrogen and oxygen atoms in total. The van der Waals surface area contributed by atoms with Crippen LogP contribution in [-0.4, -0.2) is 21.9 Å². The van der Waals surface area contributed by atoms with Gasteiger partial charge in [-0.15, -0.1) is 11.3 Å². The quantitative estimate of drug-likeness (QED) is 0.322. The molecule has 4 N–H and O–H groups in total. The fraction of sp³-hybridized carbons (Fsp3) is 0.500. The number of thiazole rings is 1. The first-order chi connectivity index (χ1) is 7.88. The minimum atomic E-state index is -0.681. The molecule has 94 valence electrons. The van der Waals surface area contributed by atoms with Gasteiger partial charge in [0.05, 0.1) is 11.5 Å². The summed E-state index contributed by atoms with van der Waals surface area (Å²) in [5.41, 5.74) is 4.81. The van der Waals surface area contributed by atoms with Gasteiger partial charge < -0.3 is 16.3 Å². The first-order valence-electron chi connectivity index (χ1n) is 5.08. The Kier molecular flexibility index (Phi) is 4.06. The van der Waals surface area contributed by atoms with E-state index in [9.17, 15) is 4.79 Å². The van der Waals surface area contributed by atoms with Crippen molar-refractivity contribution in [2.24, 2.45) is 16.8 Å². The van der Waals surface area contributed by atoms with E-state index >= 15 is 0 Å². The summed E-state index contributed by atoms with van der Waals surface area (Å²) in [6.07, 6.45) is 1.68. The molecule has 1 amide bonds. The van der Waals surface area contributed by atoms with Crippen LogP contribution in [-0.2, 0) is 10.3 Å². The largest absolute Gasteiger partial charge is 0.409 e. The van der Waals surface area contributed by atoms with Gasteiger partial charge in [0.25, 0.3) is 0 Å². The molecule has 0 fully saturated rings. The minimum absolute atomic E-state index is 0.113. The first kappa shape index (κ1) is 13.4. The molecule has 7 heteroatoms. The third-order valence-corrected chi connectivity index (χ3v) is 3.45. The Hall–Kier alpha value is -1.63. The molecule has 1 rings (SSSR count). The number of nitrogens with zero attached hydrogens (tertiary/aromatic N) is 2. The van der Waals surface area contributed by atoms with Crippen LogP contribution in [0.5, 0.6) is 0 Å². The third-order valence-electron chi connectivity index (χ3n) is 2.36. The maximum Gasteiger partial charge on any atom is 0.231 e. The van der Waals surface area contributed by atoms with Gasteiger partial charge in [0.1, 0.15) is 5.01 Å². The highest BCUT2D eigenvalue weighted by molar-refractivity contribution is 7.09. The molecule has 0 aromatic carbocycles. The van der Waals surface area contributed by atoms with Crippen molar-refractivity contribution in [3.63, 3.8) is 0 Å². The van der Waals surface area contributed by atoms with Crippen molar-refractivity contribution in [1.29, 1.82) is 0 Å². The molecule has 0 aliphatic rings. The van der Waals surface area contributed by atoms with E-state index in [1.165, 1.54) is 11.3 Å². The van der Waals surface area contributed by atoms with E-state index in [0.29, 0.717) is 0 Å². The van der Waals surface area contributed by atoms with E-state index in [0.717, 1.165) is 5.01 Å². The van der Waals surface area contributed by atoms with Crippen molar-refractivity contribution in [2.45, 2.75) is 26.3 Å². The number of hydrogen-bond donors (Lipinski definition) is 3. The van der Waals surface area contributed by atoms with E-state index in [2.05, 4.69) is 15.5 Å². The van der Waals surface area contributed by atoms with Crippen LogP contribution in [0.4, 0.5) is 0 Å². The Balaban J connectivity index is 2.75. The lowest BCUT2D eigenvalue weighted by Gasteiger charge is -2.25. The highest BCUT2D eigenvalue weighted by atomic mass is 32.1. The number of hydrogen-bond acceptors (Lipinski definition) is 5. The van der Waals surface area contributed by atoms with Gasteiger partial charge in [-0.1, -0.05) is 5.16 Å². The zero-order valence-corrected chi connectivity index (χ0v) is 10.8. The van der Waals surface area contributed by atoms with Crippen molar-refractivity contribution >= 4 is 23.1 Å². The van der Waals surface area contributed by atoms with E-state index in [1.54, 1.807) is 13.1 Å². The molecule has 1 aromatic rings. The van der Waals surface area contributed by atoms with Gasteiger partial charge in [0, 0.05) is 11.6 Å². The third kappa shape index (κ3) is 3.16. The zero-order chi connectivity index (χ0) is 13.1. The summed E-state index contributed by atoms with van der Waals surface area (Å²) in [4.78, 5) is 16.0. The minimum Gasteiger partial charge on any atom is -0.409 e. The van der Waals surface area contributed by atoms with Crippen LogP contribution in [0.1, 0.15) is 25.8 Å². The number of carbonyl (C=O) groups excluding carboxylic acids is 1. The van der Waals surface area contributed by atoms with E-state index in [1.807, 2.05) is 19.2 Å². The fourth-order valence-electron chi connectivity index (χ4n) is 1.22. The van der Waals surface area contributed by atoms with Crippen LogP contribution < -0.4 is 11.1 Å². The summed E-state index contributed by atoms with van der Waals surface area (Å²) in [7, 11) is 0. The van der Waals surface area contributed by atoms with Crippen LogP contribution in [0.15, 0.2) is 16.7 Å². The van der Waals surface area contributed by atoms with Crippen LogP contribution in [0.2, 0.25) is 0 Å². The summed E-state index contributed by atoms with van der Waals surface area (Å²) in [5, 5.41) is 16.8. The van der Waals surface area contributed by atoms with Crippen molar-refractivity contribution in [3.8, 4) is 0 Å². The average molecular weight is 256 g/mol. The molecule has 0 aliphatic carbocycles. The second-order valence-corrected chi connectivity index (χ2v) is 5.09. The molecule has 17 heavy (non-hydrogen) atoms. The van der Waals surface area contributed by atoms with Gasteiger partial charge in [-0.05, 0) is 20.8 Å². The van der Waals surface area contributed by atoms with Crippen molar-refractivity contribution in [2.75, 3.05) is 0 Å². The van der Waals surface area contributed by atoms with Crippen LogP contribution in [0.3, 0.4) is 0 Å². The maximum atomic E-state index is 11.8. The molecule has 1 heterocycles. The number of oxime groups is 1. The first-order valence-corrected chi connectivity index (χ1v) is 5.96. The van der Waals surface area contributed by atoms with Crippen LogP contribution in [0, 0.1) is 5.92 Å². The van der Waals surface area contributed by atoms with Crippen molar-refractivity contribution < 1.29 is 10.0 Å².